The molecular formula is C35H44N4O3. The van der Waals surface area contributed by atoms with Gasteiger partial charge >= 0.3 is 0 Å². The van der Waals surface area contributed by atoms with Gasteiger partial charge in [-0.15, -0.1) is 0 Å². The molecule has 0 saturated carbocycles. The molecule has 7 heteroatoms. The molecule has 3 aromatic carbocycles. The van der Waals surface area contributed by atoms with Crippen LogP contribution in [-0.4, -0.2) is 61.4 Å². The standard InChI is InChI=1S/C35H44N4O3/c1-3-37-33(42)35(24-26-10-5-4-6-11-26)16-9-21-39(25-35)31(40)30(38-32(41)34(2)17-19-36-20-18-34)23-27-14-15-28-12-7-8-13-29(28)22-27/h4-8,10-15,22,30,36H,3,9,16-21,23-25H2,1-2H3,(H,37,42)(H,38,41)/t30?,35-/m0/s1. The fourth-order valence-electron chi connectivity index (χ4n) is 6.62. The number of carbonyl (C=O) groups excluding carboxylic acids is 3. The summed E-state index contributed by atoms with van der Waals surface area (Å²) < 4.78 is 0. The normalized spacial score (nSPS) is 21.0. The van der Waals surface area contributed by atoms with Crippen LogP contribution < -0.4 is 16.0 Å². The smallest absolute Gasteiger partial charge is 0.245 e. The summed E-state index contributed by atoms with van der Waals surface area (Å²) in [6, 6.07) is 23.7. The quantitative estimate of drug-likeness (QED) is 0.360. The van der Waals surface area contributed by atoms with Gasteiger partial charge in [-0.1, -0.05) is 79.7 Å². The van der Waals surface area contributed by atoms with Gasteiger partial charge in [0.05, 0.1) is 5.41 Å². The van der Waals surface area contributed by atoms with Crippen LogP contribution in [0.1, 0.15) is 50.7 Å². The van der Waals surface area contributed by atoms with E-state index in [1.165, 1.54) is 0 Å². The minimum atomic E-state index is -0.718. The number of hydrogen-bond acceptors (Lipinski definition) is 4. The molecule has 0 bridgehead atoms. The zero-order chi connectivity index (χ0) is 29.6. The van der Waals surface area contributed by atoms with E-state index in [0.717, 1.165) is 54.3 Å². The first-order chi connectivity index (χ1) is 20.3. The van der Waals surface area contributed by atoms with Gasteiger partial charge in [0.25, 0.3) is 0 Å². The number of likely N-dealkylation sites (tertiary alicyclic amines) is 1. The number of amides is 3. The van der Waals surface area contributed by atoms with Crippen LogP contribution in [0.25, 0.3) is 10.8 Å². The van der Waals surface area contributed by atoms with Gasteiger partial charge in [0.1, 0.15) is 6.04 Å². The van der Waals surface area contributed by atoms with Crippen LogP contribution in [0.15, 0.2) is 72.8 Å². The molecule has 0 aromatic heterocycles. The van der Waals surface area contributed by atoms with E-state index in [4.69, 9.17) is 0 Å². The average Bonchev–Trinajstić information content (AvgIpc) is 3.01. The van der Waals surface area contributed by atoms with E-state index in [9.17, 15) is 14.4 Å². The third kappa shape index (κ3) is 6.67. The van der Waals surface area contributed by atoms with Crippen molar-refractivity contribution in [2.75, 3.05) is 32.7 Å². The first kappa shape index (κ1) is 29.8. The summed E-state index contributed by atoms with van der Waals surface area (Å²) in [5, 5.41) is 11.8. The van der Waals surface area contributed by atoms with Gasteiger partial charge in [-0.2, -0.15) is 0 Å². The lowest BCUT2D eigenvalue weighted by Gasteiger charge is -2.43. The van der Waals surface area contributed by atoms with Gasteiger partial charge in [-0.3, -0.25) is 14.4 Å². The van der Waals surface area contributed by atoms with E-state index >= 15 is 0 Å². The predicted molar refractivity (Wildman–Crippen MR) is 167 cm³/mol. The van der Waals surface area contributed by atoms with Crippen molar-refractivity contribution in [1.29, 1.82) is 0 Å². The lowest BCUT2D eigenvalue weighted by molar-refractivity contribution is -0.145. The highest BCUT2D eigenvalue weighted by Crippen LogP contribution is 2.35. The monoisotopic (exact) mass is 568 g/mol. The summed E-state index contributed by atoms with van der Waals surface area (Å²) in [7, 11) is 0. The number of rotatable bonds is 9. The van der Waals surface area contributed by atoms with Crippen LogP contribution in [0, 0.1) is 10.8 Å². The maximum Gasteiger partial charge on any atom is 0.245 e. The maximum absolute atomic E-state index is 14.4. The molecule has 2 atom stereocenters. The Balaban J connectivity index is 1.42. The molecule has 5 rings (SSSR count). The molecule has 0 radical (unpaired) electrons. The summed E-state index contributed by atoms with van der Waals surface area (Å²) >= 11 is 0. The molecule has 2 aliphatic rings. The zero-order valence-corrected chi connectivity index (χ0v) is 25.0. The Kier molecular flexibility index (Phi) is 9.27. The van der Waals surface area contributed by atoms with E-state index in [2.05, 4.69) is 40.2 Å². The fourth-order valence-corrected chi connectivity index (χ4v) is 6.62. The maximum atomic E-state index is 14.4. The second-order valence-electron chi connectivity index (χ2n) is 12.4. The summed E-state index contributed by atoms with van der Waals surface area (Å²) in [6.45, 7) is 6.94. The summed E-state index contributed by atoms with van der Waals surface area (Å²) in [5.74, 6) is -0.196. The van der Waals surface area contributed by atoms with Crippen LogP contribution in [0.4, 0.5) is 0 Å². The molecule has 2 heterocycles. The molecule has 3 aromatic rings. The van der Waals surface area contributed by atoms with E-state index in [1.54, 1.807) is 0 Å². The van der Waals surface area contributed by atoms with Crippen LogP contribution in [-0.2, 0) is 27.2 Å². The lowest BCUT2D eigenvalue weighted by atomic mass is 9.74. The Morgan fingerprint density at radius 2 is 1.60 bits per heavy atom. The Bertz CT molecular complexity index is 1400. The van der Waals surface area contributed by atoms with Gasteiger partial charge in [-0.05, 0) is 74.0 Å². The fraction of sp³-hybridized carbons (Fsp3) is 0.457. The minimum absolute atomic E-state index is 0.0105. The SMILES string of the molecule is CCNC(=O)[C@]1(Cc2ccccc2)CCCN(C(=O)C(Cc2ccc3ccccc3c2)NC(=O)C2(C)CCNCC2)C1. The summed E-state index contributed by atoms with van der Waals surface area (Å²) in [4.78, 5) is 43.5. The van der Waals surface area contributed by atoms with Crippen molar-refractivity contribution >= 4 is 28.5 Å². The number of carbonyl (C=O) groups is 3. The predicted octanol–water partition coefficient (Wildman–Crippen LogP) is 4.24. The van der Waals surface area contributed by atoms with Gasteiger partial charge in [0.2, 0.25) is 17.7 Å². The van der Waals surface area contributed by atoms with Gasteiger partial charge in [0.15, 0.2) is 0 Å². The van der Waals surface area contributed by atoms with Crippen molar-refractivity contribution in [2.45, 2.75) is 58.4 Å². The second kappa shape index (κ2) is 13.1. The Hall–Kier alpha value is -3.71. The second-order valence-corrected chi connectivity index (χ2v) is 12.4. The Morgan fingerprint density at radius 1 is 0.881 bits per heavy atom. The minimum Gasteiger partial charge on any atom is -0.356 e. The molecule has 1 unspecified atom stereocenters. The third-order valence-electron chi connectivity index (χ3n) is 9.21. The van der Waals surface area contributed by atoms with E-state index in [1.807, 2.05) is 67.3 Å². The molecule has 0 aliphatic carbocycles. The van der Waals surface area contributed by atoms with Gasteiger partial charge < -0.3 is 20.9 Å². The highest BCUT2D eigenvalue weighted by Gasteiger charge is 2.45. The Morgan fingerprint density at radius 3 is 2.33 bits per heavy atom. The van der Waals surface area contributed by atoms with E-state index in [-0.39, 0.29) is 17.7 Å². The van der Waals surface area contributed by atoms with Gasteiger partial charge in [-0.25, -0.2) is 0 Å². The van der Waals surface area contributed by atoms with Gasteiger partial charge in [0, 0.05) is 31.5 Å². The number of hydrogen-bond donors (Lipinski definition) is 3. The van der Waals surface area contributed by atoms with Crippen molar-refractivity contribution < 1.29 is 14.4 Å². The first-order valence-electron chi connectivity index (χ1n) is 15.4. The zero-order valence-electron chi connectivity index (χ0n) is 25.0. The van der Waals surface area contributed by atoms with Crippen LogP contribution >= 0.6 is 0 Å². The molecule has 2 aliphatic heterocycles. The highest BCUT2D eigenvalue weighted by molar-refractivity contribution is 5.91. The van der Waals surface area contributed by atoms with Crippen molar-refractivity contribution in [3.8, 4) is 0 Å². The average molecular weight is 569 g/mol. The molecule has 7 nitrogen and oxygen atoms in total. The molecular weight excluding hydrogens is 524 g/mol. The van der Waals surface area contributed by atoms with Crippen LogP contribution in [0.2, 0.25) is 0 Å². The largest absolute Gasteiger partial charge is 0.356 e. The first-order valence-corrected chi connectivity index (χ1v) is 15.4. The molecule has 3 N–H and O–H groups in total. The van der Waals surface area contributed by atoms with Crippen molar-refractivity contribution in [1.82, 2.24) is 20.9 Å². The van der Waals surface area contributed by atoms with Crippen LogP contribution in [0.5, 0.6) is 0 Å². The summed E-state index contributed by atoms with van der Waals surface area (Å²) in [6.07, 6.45) is 3.87. The van der Waals surface area contributed by atoms with E-state index < -0.39 is 16.9 Å². The highest BCUT2D eigenvalue weighted by atomic mass is 16.2. The molecule has 42 heavy (non-hydrogen) atoms. The molecule has 0 spiro atoms. The summed E-state index contributed by atoms with van der Waals surface area (Å²) in [5.41, 5.74) is 0.841. The van der Waals surface area contributed by atoms with Crippen LogP contribution in [0.3, 0.4) is 0 Å². The molecule has 2 saturated heterocycles. The number of piperidine rings is 2. The molecule has 222 valence electrons. The van der Waals surface area contributed by atoms with E-state index in [0.29, 0.717) is 38.9 Å². The number of benzene rings is 3. The Labute approximate surface area is 249 Å². The van der Waals surface area contributed by atoms with Crippen molar-refractivity contribution in [3.63, 3.8) is 0 Å². The third-order valence-corrected chi connectivity index (χ3v) is 9.21. The van der Waals surface area contributed by atoms with Crippen molar-refractivity contribution in [3.05, 3.63) is 83.9 Å². The number of fused-ring (bicyclic) bond motifs is 1. The molecule has 2 fully saturated rings. The topological polar surface area (TPSA) is 90.5 Å². The number of nitrogens with zero attached hydrogens (tertiary/aromatic N) is 1. The lowest BCUT2D eigenvalue weighted by Crippen LogP contribution is -2.59. The molecule has 3 amide bonds. The van der Waals surface area contributed by atoms with Crippen molar-refractivity contribution in [2.24, 2.45) is 10.8 Å². The number of nitrogens with one attached hydrogen (secondary N) is 3.